The normalized spacial score (nSPS) is 9.50. The monoisotopic (exact) mass is 282 g/mol. The molecule has 0 bridgehead atoms. The molecule has 4 heteroatoms. The summed E-state index contributed by atoms with van der Waals surface area (Å²) in [5.41, 5.74) is 1.78. The van der Waals surface area contributed by atoms with Crippen LogP contribution >= 0.6 is 15.9 Å². The molecule has 1 heterocycles. The molecule has 2 aromatic rings. The second-order valence-corrected chi connectivity index (χ2v) is 3.85. The molecule has 0 fully saturated rings. The Morgan fingerprint density at radius 3 is 2.69 bits per heavy atom. The van der Waals surface area contributed by atoms with E-state index in [1.54, 1.807) is 10.9 Å². The van der Waals surface area contributed by atoms with Gasteiger partial charge in [-0.1, -0.05) is 35.8 Å². The number of aliphatic hydroxyl groups is 1. The number of aromatic nitrogens is 2. The highest BCUT2D eigenvalue weighted by Gasteiger charge is 1.99. The summed E-state index contributed by atoms with van der Waals surface area (Å²) in [5.74, 6) is 0. The molecule has 1 aromatic heterocycles. The third-order valence-corrected chi connectivity index (χ3v) is 2.38. The summed E-state index contributed by atoms with van der Waals surface area (Å²) in [6.07, 6.45) is 3.46. The van der Waals surface area contributed by atoms with Crippen molar-refractivity contribution in [3.63, 3.8) is 0 Å². The summed E-state index contributed by atoms with van der Waals surface area (Å²) in [7, 11) is 0. The van der Waals surface area contributed by atoms with Crippen LogP contribution in [0, 0.1) is 0 Å². The minimum Gasteiger partial charge on any atom is -0.392 e. The van der Waals surface area contributed by atoms with Gasteiger partial charge in [0.2, 0.25) is 0 Å². The number of nitrogens with zero attached hydrogens (tertiary/aromatic N) is 2. The van der Waals surface area contributed by atoms with Crippen molar-refractivity contribution in [1.29, 1.82) is 0 Å². The Labute approximate surface area is 104 Å². The van der Waals surface area contributed by atoms with Crippen molar-refractivity contribution in [3.8, 4) is 5.69 Å². The lowest BCUT2D eigenvalue weighted by Gasteiger charge is -2.00. The molecule has 0 amide bonds. The molecule has 16 heavy (non-hydrogen) atoms. The van der Waals surface area contributed by atoms with Gasteiger partial charge in [0.05, 0.1) is 18.5 Å². The van der Waals surface area contributed by atoms with Crippen molar-refractivity contribution in [3.05, 3.63) is 46.7 Å². The predicted octanol–water partition coefficient (Wildman–Crippen LogP) is 3.15. The van der Waals surface area contributed by atoms with Crippen LogP contribution in [0.4, 0.5) is 0 Å². The van der Waals surface area contributed by atoms with Crippen molar-refractivity contribution >= 4 is 15.9 Å². The van der Waals surface area contributed by atoms with Crippen molar-refractivity contribution in [2.75, 3.05) is 0 Å². The van der Waals surface area contributed by atoms with E-state index in [1.807, 2.05) is 44.3 Å². The topological polar surface area (TPSA) is 38.1 Å². The summed E-state index contributed by atoms with van der Waals surface area (Å²) in [6.45, 7) is 4.02. The summed E-state index contributed by atoms with van der Waals surface area (Å²) in [4.78, 5) is 0. The van der Waals surface area contributed by atoms with E-state index < -0.39 is 0 Å². The maximum absolute atomic E-state index is 8.89. The van der Waals surface area contributed by atoms with Crippen LogP contribution in [0.3, 0.4) is 0 Å². The van der Waals surface area contributed by atoms with Gasteiger partial charge in [0, 0.05) is 16.2 Å². The molecule has 0 spiro atoms. The highest BCUT2D eigenvalue weighted by Crippen LogP contribution is 2.15. The van der Waals surface area contributed by atoms with Crippen molar-refractivity contribution < 1.29 is 5.11 Å². The van der Waals surface area contributed by atoms with Crippen LogP contribution in [0.1, 0.15) is 19.4 Å². The van der Waals surface area contributed by atoms with Crippen molar-refractivity contribution in [2.45, 2.75) is 20.5 Å². The van der Waals surface area contributed by atoms with E-state index in [2.05, 4.69) is 21.0 Å². The number of rotatable bonds is 2. The van der Waals surface area contributed by atoms with Crippen LogP contribution in [0.15, 0.2) is 41.1 Å². The quantitative estimate of drug-likeness (QED) is 0.919. The van der Waals surface area contributed by atoms with Crippen LogP contribution in [0.5, 0.6) is 0 Å². The van der Waals surface area contributed by atoms with Crippen LogP contribution in [-0.2, 0) is 6.61 Å². The van der Waals surface area contributed by atoms with E-state index in [-0.39, 0.29) is 6.61 Å². The van der Waals surface area contributed by atoms with Gasteiger partial charge in [0.25, 0.3) is 0 Å². The number of halogens is 1. The van der Waals surface area contributed by atoms with E-state index in [0.29, 0.717) is 0 Å². The van der Waals surface area contributed by atoms with Gasteiger partial charge >= 0.3 is 0 Å². The SMILES string of the molecule is CC.OCc1cnn(-c2cccc(Br)c2)c1. The minimum atomic E-state index is 0.0218. The average Bonchev–Trinajstić information content (AvgIpc) is 2.80. The van der Waals surface area contributed by atoms with Gasteiger partial charge in [-0.2, -0.15) is 5.10 Å². The zero-order valence-electron chi connectivity index (χ0n) is 9.39. The molecule has 86 valence electrons. The molecule has 1 N–H and O–H groups in total. The van der Waals surface area contributed by atoms with Crippen LogP contribution in [0.2, 0.25) is 0 Å². The molecule has 0 radical (unpaired) electrons. The second-order valence-electron chi connectivity index (χ2n) is 2.93. The molecule has 1 aromatic carbocycles. The first-order valence-electron chi connectivity index (χ1n) is 5.20. The Morgan fingerprint density at radius 1 is 1.38 bits per heavy atom. The Kier molecular flexibility index (Phi) is 5.22. The molecule has 0 atom stereocenters. The first-order chi connectivity index (χ1) is 7.79. The van der Waals surface area contributed by atoms with E-state index in [9.17, 15) is 0 Å². The van der Waals surface area contributed by atoms with Crippen molar-refractivity contribution in [1.82, 2.24) is 9.78 Å². The van der Waals surface area contributed by atoms with Gasteiger partial charge in [-0.15, -0.1) is 0 Å². The van der Waals surface area contributed by atoms with Crippen LogP contribution < -0.4 is 0 Å². The summed E-state index contributed by atoms with van der Waals surface area (Å²) in [5, 5.41) is 13.0. The summed E-state index contributed by atoms with van der Waals surface area (Å²) >= 11 is 3.39. The van der Waals surface area contributed by atoms with Gasteiger partial charge in [0.1, 0.15) is 0 Å². The van der Waals surface area contributed by atoms with E-state index in [0.717, 1.165) is 15.7 Å². The van der Waals surface area contributed by atoms with E-state index in [1.165, 1.54) is 0 Å². The summed E-state index contributed by atoms with van der Waals surface area (Å²) < 4.78 is 2.74. The molecule has 0 aliphatic rings. The fraction of sp³-hybridized carbons (Fsp3) is 0.250. The highest BCUT2D eigenvalue weighted by molar-refractivity contribution is 9.10. The third-order valence-electron chi connectivity index (χ3n) is 1.89. The Hall–Kier alpha value is -1.13. The molecule has 3 nitrogen and oxygen atoms in total. The predicted molar refractivity (Wildman–Crippen MR) is 68.5 cm³/mol. The van der Waals surface area contributed by atoms with Crippen LogP contribution in [-0.4, -0.2) is 14.9 Å². The molecule has 0 saturated heterocycles. The zero-order valence-corrected chi connectivity index (χ0v) is 11.0. The molecule has 0 saturated carbocycles. The lowest BCUT2D eigenvalue weighted by atomic mass is 10.3. The summed E-state index contributed by atoms with van der Waals surface area (Å²) in [6, 6.07) is 7.83. The van der Waals surface area contributed by atoms with Gasteiger partial charge in [-0.25, -0.2) is 4.68 Å². The van der Waals surface area contributed by atoms with E-state index >= 15 is 0 Å². The fourth-order valence-electron chi connectivity index (χ4n) is 1.20. The maximum Gasteiger partial charge on any atom is 0.0712 e. The maximum atomic E-state index is 8.89. The second kappa shape index (κ2) is 6.45. The van der Waals surface area contributed by atoms with Gasteiger partial charge < -0.3 is 5.11 Å². The molecule has 0 aliphatic carbocycles. The fourth-order valence-corrected chi connectivity index (χ4v) is 1.59. The van der Waals surface area contributed by atoms with Crippen molar-refractivity contribution in [2.24, 2.45) is 0 Å². The van der Waals surface area contributed by atoms with Gasteiger partial charge in [-0.3, -0.25) is 0 Å². The lowest BCUT2D eigenvalue weighted by Crippen LogP contribution is -1.93. The molecular formula is C12H15BrN2O. The standard InChI is InChI=1S/C10H9BrN2O.C2H6/c11-9-2-1-3-10(4-9)13-6-8(7-14)5-12-13;1-2/h1-6,14H,7H2;1-2H3. The first kappa shape index (κ1) is 12.9. The Balaban J connectivity index is 0.000000606. The molecule has 0 unspecified atom stereocenters. The Bertz CT molecular complexity index is 440. The largest absolute Gasteiger partial charge is 0.392 e. The smallest absolute Gasteiger partial charge is 0.0712 e. The first-order valence-corrected chi connectivity index (χ1v) is 5.99. The molecule has 2 rings (SSSR count). The average molecular weight is 283 g/mol. The highest BCUT2D eigenvalue weighted by atomic mass is 79.9. The van der Waals surface area contributed by atoms with Gasteiger partial charge in [0.15, 0.2) is 0 Å². The third kappa shape index (κ3) is 3.18. The number of hydrogen-bond acceptors (Lipinski definition) is 2. The Morgan fingerprint density at radius 2 is 2.12 bits per heavy atom. The number of benzene rings is 1. The van der Waals surface area contributed by atoms with Gasteiger partial charge in [-0.05, 0) is 18.2 Å². The van der Waals surface area contributed by atoms with E-state index in [4.69, 9.17) is 5.11 Å². The minimum absolute atomic E-state index is 0.0218. The van der Waals surface area contributed by atoms with Crippen LogP contribution in [0.25, 0.3) is 5.69 Å². The molecule has 0 aliphatic heterocycles. The zero-order chi connectivity index (χ0) is 12.0. The number of hydrogen-bond donors (Lipinski definition) is 1. The molecular weight excluding hydrogens is 268 g/mol. The lowest BCUT2D eigenvalue weighted by molar-refractivity contribution is 0.282. The number of aliphatic hydroxyl groups excluding tert-OH is 1.